The minimum Gasteiger partial charge on any atom is -0.365 e. The lowest BCUT2D eigenvalue weighted by atomic mass is 10.4. The van der Waals surface area contributed by atoms with Crippen LogP contribution >= 0.6 is 46.1 Å². The Morgan fingerprint density at radius 2 is 1.82 bits per heavy atom. The number of rotatable bonds is 1. The molecule has 0 unspecified atom stereocenters. The zero-order valence-electron chi connectivity index (χ0n) is 5.03. The molecule has 0 radical (unpaired) electrons. The summed E-state index contributed by atoms with van der Waals surface area (Å²) >= 11 is 17.7. The summed E-state index contributed by atoms with van der Waals surface area (Å²) in [7, 11) is 0. The van der Waals surface area contributed by atoms with Gasteiger partial charge in [0.2, 0.25) is 0 Å². The van der Waals surface area contributed by atoms with Gasteiger partial charge in [-0.2, -0.15) is 0 Å². The third kappa shape index (κ3) is 1.62. The Morgan fingerprint density at radius 1 is 1.27 bits per heavy atom. The number of amides is 1. The number of carbonyl (C=O) groups excluding carboxylic acids is 1. The summed E-state index contributed by atoms with van der Waals surface area (Å²) in [5.74, 6) is -0.617. The molecular formula is C5H2Cl3NOS. The first-order chi connectivity index (χ1) is 5.04. The minimum atomic E-state index is -0.617. The van der Waals surface area contributed by atoms with Gasteiger partial charge < -0.3 is 5.73 Å². The predicted molar refractivity (Wildman–Crippen MR) is 47.9 cm³/mol. The lowest BCUT2D eigenvalue weighted by molar-refractivity contribution is 0.100. The molecule has 0 atom stereocenters. The van der Waals surface area contributed by atoms with Crippen molar-refractivity contribution in [2.45, 2.75) is 0 Å². The van der Waals surface area contributed by atoms with Gasteiger partial charge in [0.25, 0.3) is 5.91 Å². The largest absolute Gasteiger partial charge is 0.365 e. The van der Waals surface area contributed by atoms with Crippen LogP contribution in [0.3, 0.4) is 0 Å². The topological polar surface area (TPSA) is 43.1 Å². The number of primary amides is 1. The second-order valence-electron chi connectivity index (χ2n) is 1.70. The lowest BCUT2D eigenvalue weighted by Crippen LogP contribution is -2.08. The molecule has 2 N–H and O–H groups in total. The molecule has 0 saturated heterocycles. The Kier molecular flexibility index (Phi) is 2.65. The summed E-state index contributed by atoms with van der Waals surface area (Å²) in [6.45, 7) is 0. The molecule has 1 aromatic rings. The summed E-state index contributed by atoms with van der Waals surface area (Å²) in [6.07, 6.45) is 0. The molecule has 0 aliphatic heterocycles. The van der Waals surface area contributed by atoms with E-state index in [1.807, 2.05) is 0 Å². The highest BCUT2D eigenvalue weighted by Crippen LogP contribution is 2.39. The normalized spacial score (nSPS) is 10.1. The third-order valence-electron chi connectivity index (χ3n) is 0.980. The van der Waals surface area contributed by atoms with Crippen molar-refractivity contribution >= 4 is 52.0 Å². The number of nitrogens with two attached hydrogens (primary N) is 1. The predicted octanol–water partition coefficient (Wildman–Crippen LogP) is 2.81. The van der Waals surface area contributed by atoms with Crippen molar-refractivity contribution < 1.29 is 4.79 Å². The first-order valence-corrected chi connectivity index (χ1v) is 4.42. The second-order valence-corrected chi connectivity index (χ2v) is 4.08. The van der Waals surface area contributed by atoms with E-state index in [0.29, 0.717) is 0 Å². The fraction of sp³-hybridized carbons (Fsp3) is 0. The SMILES string of the molecule is NC(=O)c1sc(Cl)c(Cl)c1Cl. The molecule has 2 nitrogen and oxygen atoms in total. The molecular weight excluding hydrogens is 228 g/mol. The Labute approximate surface area is 81.8 Å². The monoisotopic (exact) mass is 229 g/mol. The van der Waals surface area contributed by atoms with Crippen molar-refractivity contribution in [2.24, 2.45) is 5.73 Å². The summed E-state index contributed by atoms with van der Waals surface area (Å²) in [5, 5.41) is 0.321. The zero-order chi connectivity index (χ0) is 8.59. The molecule has 0 spiro atoms. The third-order valence-corrected chi connectivity index (χ3v) is 3.57. The van der Waals surface area contributed by atoms with Crippen molar-refractivity contribution in [3.8, 4) is 0 Å². The number of hydrogen-bond donors (Lipinski definition) is 1. The van der Waals surface area contributed by atoms with E-state index in [-0.39, 0.29) is 19.3 Å². The van der Waals surface area contributed by atoms with Crippen molar-refractivity contribution in [1.82, 2.24) is 0 Å². The fourth-order valence-electron chi connectivity index (χ4n) is 0.524. The molecule has 60 valence electrons. The first kappa shape index (κ1) is 9.13. The Morgan fingerprint density at radius 3 is 2.00 bits per heavy atom. The van der Waals surface area contributed by atoms with Gasteiger partial charge in [0, 0.05) is 0 Å². The number of thiophene rings is 1. The standard InChI is InChI=1S/C5H2Cl3NOS/c6-1-2(7)4(8)11-3(1)5(9)10/h(H2,9,10). The van der Waals surface area contributed by atoms with Gasteiger partial charge in [0.05, 0.1) is 10.0 Å². The van der Waals surface area contributed by atoms with E-state index in [4.69, 9.17) is 40.5 Å². The van der Waals surface area contributed by atoms with Crippen LogP contribution in [-0.4, -0.2) is 5.91 Å². The highest BCUT2D eigenvalue weighted by atomic mass is 35.5. The van der Waals surface area contributed by atoms with Crippen LogP contribution in [0.1, 0.15) is 9.67 Å². The molecule has 0 saturated carbocycles. The maximum atomic E-state index is 10.6. The zero-order valence-corrected chi connectivity index (χ0v) is 8.11. The molecule has 0 fully saturated rings. The second kappa shape index (κ2) is 3.19. The van der Waals surface area contributed by atoms with E-state index < -0.39 is 5.91 Å². The Bertz CT molecular complexity index is 309. The summed E-state index contributed by atoms with van der Waals surface area (Å²) < 4.78 is 0.283. The molecule has 0 bridgehead atoms. The maximum Gasteiger partial charge on any atom is 0.260 e. The maximum absolute atomic E-state index is 10.6. The van der Waals surface area contributed by atoms with Crippen LogP contribution in [0.4, 0.5) is 0 Å². The highest BCUT2D eigenvalue weighted by Gasteiger charge is 2.16. The molecule has 11 heavy (non-hydrogen) atoms. The summed E-state index contributed by atoms with van der Waals surface area (Å²) in [5.41, 5.74) is 4.97. The average molecular weight is 231 g/mol. The van der Waals surface area contributed by atoms with Gasteiger partial charge in [-0.25, -0.2) is 0 Å². The molecule has 0 aliphatic carbocycles. The fourth-order valence-corrected chi connectivity index (χ4v) is 2.19. The van der Waals surface area contributed by atoms with Crippen molar-refractivity contribution in [2.75, 3.05) is 0 Å². The van der Waals surface area contributed by atoms with Gasteiger partial charge in [-0.05, 0) is 0 Å². The van der Waals surface area contributed by atoms with E-state index >= 15 is 0 Å². The van der Waals surface area contributed by atoms with Crippen molar-refractivity contribution in [3.63, 3.8) is 0 Å². The van der Waals surface area contributed by atoms with Gasteiger partial charge in [0.15, 0.2) is 0 Å². The number of halogens is 3. The van der Waals surface area contributed by atoms with Gasteiger partial charge in [0.1, 0.15) is 9.21 Å². The van der Waals surface area contributed by atoms with Crippen LogP contribution in [0.2, 0.25) is 14.4 Å². The van der Waals surface area contributed by atoms with Gasteiger partial charge in [-0.15, -0.1) is 11.3 Å². The average Bonchev–Trinajstić information content (AvgIpc) is 2.17. The van der Waals surface area contributed by atoms with E-state index in [0.717, 1.165) is 11.3 Å². The number of hydrogen-bond acceptors (Lipinski definition) is 2. The Hall–Kier alpha value is 0.0400. The van der Waals surface area contributed by atoms with Crippen LogP contribution in [0.25, 0.3) is 0 Å². The molecule has 1 aromatic heterocycles. The van der Waals surface area contributed by atoms with Crippen molar-refractivity contribution in [1.29, 1.82) is 0 Å². The number of carbonyl (C=O) groups is 1. The molecule has 1 rings (SSSR count). The molecule has 0 aromatic carbocycles. The van der Waals surface area contributed by atoms with Crippen molar-refractivity contribution in [3.05, 3.63) is 19.3 Å². The van der Waals surface area contributed by atoms with Crippen LogP contribution in [0.5, 0.6) is 0 Å². The summed E-state index contributed by atoms with van der Waals surface area (Å²) in [4.78, 5) is 10.8. The minimum absolute atomic E-state index is 0.133. The van der Waals surface area contributed by atoms with E-state index in [1.165, 1.54) is 0 Å². The molecule has 6 heteroatoms. The molecule has 1 amide bonds. The Balaban J connectivity index is 3.29. The van der Waals surface area contributed by atoms with E-state index in [1.54, 1.807) is 0 Å². The van der Waals surface area contributed by atoms with Crippen LogP contribution < -0.4 is 5.73 Å². The summed E-state index contributed by atoms with van der Waals surface area (Å²) in [6, 6.07) is 0. The van der Waals surface area contributed by atoms with Gasteiger partial charge in [-0.1, -0.05) is 34.8 Å². The molecule has 1 heterocycles. The van der Waals surface area contributed by atoms with E-state index in [9.17, 15) is 4.79 Å². The van der Waals surface area contributed by atoms with E-state index in [2.05, 4.69) is 0 Å². The smallest absolute Gasteiger partial charge is 0.260 e. The quantitative estimate of drug-likeness (QED) is 0.792. The lowest BCUT2D eigenvalue weighted by Gasteiger charge is -1.87. The van der Waals surface area contributed by atoms with Gasteiger partial charge >= 0.3 is 0 Å². The van der Waals surface area contributed by atoms with Crippen LogP contribution in [0, 0.1) is 0 Å². The van der Waals surface area contributed by atoms with Crippen LogP contribution in [0.15, 0.2) is 0 Å². The molecule has 0 aliphatic rings. The first-order valence-electron chi connectivity index (χ1n) is 2.47. The van der Waals surface area contributed by atoms with Crippen LogP contribution in [-0.2, 0) is 0 Å². The van der Waals surface area contributed by atoms with Gasteiger partial charge in [-0.3, -0.25) is 4.79 Å². The highest BCUT2D eigenvalue weighted by molar-refractivity contribution is 7.19.